The van der Waals surface area contributed by atoms with Crippen molar-refractivity contribution in [2.45, 2.75) is 0 Å². The molecule has 0 saturated heterocycles. The van der Waals surface area contributed by atoms with Gasteiger partial charge in [0.2, 0.25) is 0 Å². The van der Waals surface area contributed by atoms with E-state index in [2.05, 4.69) is 15.8 Å². The summed E-state index contributed by atoms with van der Waals surface area (Å²) in [5.74, 6) is -0.833. The molecule has 1 aromatic heterocycles. The Kier molecular flexibility index (Phi) is 7.43. The minimum atomic E-state index is -3.67. The van der Waals surface area contributed by atoms with Crippen LogP contribution in [0.4, 0.5) is 5.69 Å². The second-order valence-corrected chi connectivity index (χ2v) is 8.40. The number of hydrogen-bond acceptors (Lipinski definition) is 5. The van der Waals surface area contributed by atoms with Gasteiger partial charge in [0.1, 0.15) is 5.69 Å². The predicted octanol–water partition coefficient (Wildman–Crippen LogP) is 2.47. The van der Waals surface area contributed by atoms with Gasteiger partial charge < -0.3 is 9.88 Å². The van der Waals surface area contributed by atoms with Crippen molar-refractivity contribution in [3.05, 3.63) is 64.8 Å². The molecule has 9 nitrogen and oxygen atoms in total. The molecule has 2 amide bonds. The van der Waals surface area contributed by atoms with Crippen molar-refractivity contribution in [3.8, 4) is 0 Å². The molecule has 30 heavy (non-hydrogen) atoms. The second kappa shape index (κ2) is 9.61. The number of H-pyrrole nitrogens is 1. The van der Waals surface area contributed by atoms with Gasteiger partial charge in [-0.25, -0.2) is 0 Å². The zero-order valence-corrected chi connectivity index (χ0v) is 18.0. The molecule has 0 unspecified atom stereocenters. The van der Waals surface area contributed by atoms with Crippen LogP contribution >= 0.6 is 11.6 Å². The first-order valence-electron chi connectivity index (χ1n) is 8.53. The van der Waals surface area contributed by atoms with Gasteiger partial charge in [-0.3, -0.25) is 25.0 Å². The topological polar surface area (TPSA) is 132 Å². The maximum absolute atomic E-state index is 12.2. The highest BCUT2D eigenvalue weighted by atomic mass is 35.5. The van der Waals surface area contributed by atoms with Crippen LogP contribution in [-0.2, 0) is 10.1 Å². The van der Waals surface area contributed by atoms with Crippen LogP contribution in [0.2, 0.25) is 5.02 Å². The van der Waals surface area contributed by atoms with Gasteiger partial charge in [-0.2, -0.15) is 8.42 Å². The molecule has 11 heteroatoms. The Morgan fingerprint density at radius 3 is 2.30 bits per heavy atom. The number of amides is 2. The van der Waals surface area contributed by atoms with Crippen LogP contribution in [0.3, 0.4) is 0 Å². The number of hydrogen-bond donors (Lipinski definition) is 4. The summed E-state index contributed by atoms with van der Waals surface area (Å²) in [5, 5.41) is 1.41. The first-order valence-corrected chi connectivity index (χ1v) is 10.8. The quantitative estimate of drug-likeness (QED) is 0.356. The zero-order chi connectivity index (χ0) is 22.5. The van der Waals surface area contributed by atoms with Crippen molar-refractivity contribution in [1.82, 2.24) is 15.8 Å². The number of anilines is 1. The van der Waals surface area contributed by atoms with Gasteiger partial charge >= 0.3 is 0 Å². The molecule has 4 N–H and O–H groups in total. The number of hydrazine groups is 1. The number of benzene rings is 2. The lowest BCUT2D eigenvalue weighted by Crippen LogP contribution is -2.41. The lowest BCUT2D eigenvalue weighted by molar-refractivity contribution is 0.0844. The van der Waals surface area contributed by atoms with E-state index < -0.39 is 21.9 Å². The van der Waals surface area contributed by atoms with E-state index in [9.17, 15) is 18.0 Å². The van der Waals surface area contributed by atoms with Crippen molar-refractivity contribution in [2.75, 3.05) is 25.3 Å². The molecule has 0 spiro atoms. The minimum Gasteiger partial charge on any atom is -0.378 e. The Bertz CT molecular complexity index is 1170. The van der Waals surface area contributed by atoms with E-state index in [1.807, 2.05) is 25.1 Å². The third-order valence-corrected chi connectivity index (χ3v) is 3.98. The zero-order valence-electron chi connectivity index (χ0n) is 16.4. The summed E-state index contributed by atoms with van der Waals surface area (Å²) in [6.07, 6.45) is 0.715. The number of halogens is 1. The fourth-order valence-electron chi connectivity index (χ4n) is 2.40. The molecule has 0 aliphatic rings. The van der Waals surface area contributed by atoms with Crippen molar-refractivity contribution < 1.29 is 22.6 Å². The molecule has 0 fully saturated rings. The van der Waals surface area contributed by atoms with Crippen LogP contribution in [-0.4, -0.2) is 50.1 Å². The number of nitrogens with zero attached hydrogens (tertiary/aromatic N) is 1. The lowest BCUT2D eigenvalue weighted by atomic mass is 10.2. The van der Waals surface area contributed by atoms with Crippen LogP contribution in [0, 0.1) is 0 Å². The van der Waals surface area contributed by atoms with Crippen LogP contribution in [0.5, 0.6) is 0 Å². The third-order valence-electron chi connectivity index (χ3n) is 3.74. The SMILES string of the molecule is CN(C)c1cccc(C(=O)NNC(=O)c2cc3cc(Cl)ccc3[nH]2)c1.CS(=O)(=O)O. The summed E-state index contributed by atoms with van der Waals surface area (Å²) in [6, 6.07) is 14.1. The van der Waals surface area contributed by atoms with Gasteiger partial charge in [0.05, 0.1) is 6.26 Å². The van der Waals surface area contributed by atoms with Crippen molar-refractivity contribution >= 4 is 50.1 Å². The van der Waals surface area contributed by atoms with Gasteiger partial charge in [-0.05, 0) is 42.5 Å². The molecule has 3 rings (SSSR count). The summed E-state index contributed by atoms with van der Waals surface area (Å²) in [5.41, 5.74) is 7.29. The van der Waals surface area contributed by atoms with Crippen LogP contribution in [0.25, 0.3) is 10.9 Å². The van der Waals surface area contributed by atoms with Crippen LogP contribution < -0.4 is 15.8 Å². The third kappa shape index (κ3) is 7.07. The molecule has 0 radical (unpaired) electrons. The molecule has 0 saturated carbocycles. The van der Waals surface area contributed by atoms with E-state index in [0.29, 0.717) is 22.5 Å². The van der Waals surface area contributed by atoms with Gasteiger partial charge in [0.25, 0.3) is 21.9 Å². The number of fused-ring (bicyclic) bond motifs is 1. The molecule has 0 bridgehead atoms. The van der Waals surface area contributed by atoms with E-state index in [-0.39, 0.29) is 0 Å². The van der Waals surface area contributed by atoms with E-state index in [1.54, 1.807) is 42.5 Å². The molecule has 0 aliphatic heterocycles. The highest BCUT2D eigenvalue weighted by molar-refractivity contribution is 7.85. The summed E-state index contributed by atoms with van der Waals surface area (Å²) >= 11 is 5.94. The molecular formula is C19H21ClN4O5S. The number of aromatic amines is 1. The fourth-order valence-corrected chi connectivity index (χ4v) is 2.58. The van der Waals surface area contributed by atoms with Gasteiger partial charge in [-0.15, -0.1) is 0 Å². The Balaban J connectivity index is 0.000000575. The monoisotopic (exact) mass is 452 g/mol. The lowest BCUT2D eigenvalue weighted by Gasteiger charge is -2.13. The largest absolute Gasteiger partial charge is 0.378 e. The molecule has 2 aromatic carbocycles. The Morgan fingerprint density at radius 1 is 1.03 bits per heavy atom. The van der Waals surface area contributed by atoms with Crippen LogP contribution in [0.15, 0.2) is 48.5 Å². The number of carbonyl (C=O) groups is 2. The average molecular weight is 453 g/mol. The fraction of sp³-hybridized carbons (Fsp3) is 0.158. The predicted molar refractivity (Wildman–Crippen MR) is 116 cm³/mol. The number of carbonyl (C=O) groups excluding carboxylic acids is 2. The first kappa shape index (κ1) is 23.2. The molecule has 160 valence electrons. The number of rotatable bonds is 3. The molecular weight excluding hydrogens is 432 g/mol. The minimum absolute atomic E-state index is 0.333. The maximum atomic E-state index is 12.2. The standard InChI is InChI=1S/C18H17ClN4O2.CH4O3S/c1-23(2)14-5-3-4-11(9-14)17(24)21-22-18(25)16-10-12-8-13(19)6-7-15(12)20-16;1-5(2,3)4/h3-10,20H,1-2H3,(H,21,24)(H,22,25);1H3,(H,2,3,4). The summed E-state index contributed by atoms with van der Waals surface area (Å²) < 4.78 is 25.9. The van der Waals surface area contributed by atoms with Gasteiger partial charge in [0, 0.05) is 41.3 Å². The molecule has 0 aliphatic carbocycles. The average Bonchev–Trinajstić information content (AvgIpc) is 3.07. The van der Waals surface area contributed by atoms with Gasteiger partial charge in [-0.1, -0.05) is 17.7 Å². The second-order valence-electron chi connectivity index (χ2n) is 6.50. The normalized spacial score (nSPS) is 10.7. The number of aromatic nitrogens is 1. The van der Waals surface area contributed by atoms with Crippen molar-refractivity contribution in [3.63, 3.8) is 0 Å². The Labute approximate surface area is 178 Å². The van der Waals surface area contributed by atoms with E-state index in [4.69, 9.17) is 16.2 Å². The summed E-state index contributed by atoms with van der Waals surface area (Å²) in [4.78, 5) is 29.3. The highest BCUT2D eigenvalue weighted by Crippen LogP contribution is 2.20. The van der Waals surface area contributed by atoms with Crippen molar-refractivity contribution in [1.29, 1.82) is 0 Å². The maximum Gasteiger partial charge on any atom is 0.286 e. The van der Waals surface area contributed by atoms with E-state index in [0.717, 1.165) is 16.6 Å². The summed E-state index contributed by atoms with van der Waals surface area (Å²) in [7, 11) is 0.113. The molecule has 0 atom stereocenters. The molecule has 1 heterocycles. The van der Waals surface area contributed by atoms with Gasteiger partial charge in [0.15, 0.2) is 0 Å². The van der Waals surface area contributed by atoms with Crippen molar-refractivity contribution in [2.24, 2.45) is 0 Å². The molecule has 3 aromatic rings. The van der Waals surface area contributed by atoms with E-state index in [1.165, 1.54) is 0 Å². The van der Waals surface area contributed by atoms with E-state index >= 15 is 0 Å². The summed E-state index contributed by atoms with van der Waals surface area (Å²) in [6.45, 7) is 0. The first-order chi connectivity index (χ1) is 13.9. The Morgan fingerprint density at radius 2 is 1.67 bits per heavy atom. The number of nitrogens with one attached hydrogen (secondary N) is 3. The highest BCUT2D eigenvalue weighted by Gasteiger charge is 2.12. The van der Waals surface area contributed by atoms with Crippen LogP contribution in [0.1, 0.15) is 20.8 Å². The Hall–Kier alpha value is -3.08. The smallest absolute Gasteiger partial charge is 0.286 e.